The van der Waals surface area contributed by atoms with Crippen molar-refractivity contribution in [3.05, 3.63) is 42.0 Å². The molecule has 136 valence electrons. The highest BCUT2D eigenvalue weighted by Gasteiger charge is 2.25. The summed E-state index contributed by atoms with van der Waals surface area (Å²) < 4.78 is 32.8. The summed E-state index contributed by atoms with van der Waals surface area (Å²) in [7, 11) is -3.45. The van der Waals surface area contributed by atoms with E-state index in [1.807, 2.05) is 0 Å². The summed E-state index contributed by atoms with van der Waals surface area (Å²) in [5.74, 6) is 1.38. The summed E-state index contributed by atoms with van der Waals surface area (Å²) in [6, 6.07) is 8.45. The van der Waals surface area contributed by atoms with E-state index in [1.165, 1.54) is 0 Å². The van der Waals surface area contributed by atoms with Crippen molar-refractivity contribution in [2.75, 3.05) is 13.1 Å². The van der Waals surface area contributed by atoms with E-state index < -0.39 is 10.0 Å². The van der Waals surface area contributed by atoms with Crippen LogP contribution in [0, 0.1) is 0 Å². The van der Waals surface area contributed by atoms with Crippen molar-refractivity contribution in [1.82, 2.24) is 19.8 Å². The van der Waals surface area contributed by atoms with Gasteiger partial charge in [0.15, 0.2) is 5.82 Å². The van der Waals surface area contributed by atoms with E-state index in [9.17, 15) is 8.42 Å². The highest BCUT2D eigenvalue weighted by molar-refractivity contribution is 7.89. The third kappa shape index (κ3) is 4.87. The first-order valence-electron chi connectivity index (χ1n) is 8.68. The minimum Gasteiger partial charge on any atom is -0.338 e. The Kier molecular flexibility index (Phi) is 5.82. The lowest BCUT2D eigenvalue weighted by Gasteiger charge is -2.31. The number of aryl methyl sites for hydroxylation is 1. The molecular formula is C17H24N4O3S. The van der Waals surface area contributed by atoms with Crippen LogP contribution in [0.3, 0.4) is 0 Å². The average Bonchev–Trinajstić information content (AvgIpc) is 3.05. The average molecular weight is 364 g/mol. The van der Waals surface area contributed by atoms with Gasteiger partial charge in [0.05, 0.1) is 11.4 Å². The molecule has 0 unspecified atom stereocenters. The molecule has 0 bridgehead atoms. The molecule has 0 radical (unpaired) electrons. The van der Waals surface area contributed by atoms with Crippen molar-refractivity contribution in [2.24, 2.45) is 0 Å². The molecule has 7 nitrogen and oxygen atoms in total. The standard InChI is InChI=1S/C17H24N4O3S/c1-2-6-16-18-17(24-19-16)13-21-11-9-14(10-12-21)20-25(22,23)15-7-4-3-5-8-15/h3-5,7-8,14,20H,2,6,9-13H2,1H3. The van der Waals surface area contributed by atoms with Crippen LogP contribution in [0.5, 0.6) is 0 Å². The van der Waals surface area contributed by atoms with E-state index in [-0.39, 0.29) is 6.04 Å². The number of aromatic nitrogens is 2. The summed E-state index contributed by atoms with van der Waals surface area (Å²) >= 11 is 0. The topological polar surface area (TPSA) is 88.3 Å². The van der Waals surface area contributed by atoms with Crippen LogP contribution in [-0.2, 0) is 23.0 Å². The minimum atomic E-state index is -3.45. The second-order valence-corrected chi connectivity index (χ2v) is 8.05. The van der Waals surface area contributed by atoms with Crippen molar-refractivity contribution >= 4 is 10.0 Å². The van der Waals surface area contributed by atoms with Gasteiger partial charge in [-0.2, -0.15) is 4.98 Å². The molecule has 1 aromatic carbocycles. The van der Waals surface area contributed by atoms with Gasteiger partial charge in [-0.3, -0.25) is 4.90 Å². The first kappa shape index (κ1) is 18.0. The SMILES string of the molecule is CCCc1noc(CN2CCC(NS(=O)(=O)c3ccccc3)CC2)n1. The number of piperidine rings is 1. The van der Waals surface area contributed by atoms with Crippen LogP contribution in [-0.4, -0.2) is 42.6 Å². The fraction of sp³-hybridized carbons (Fsp3) is 0.529. The van der Waals surface area contributed by atoms with E-state index in [2.05, 4.69) is 26.7 Å². The van der Waals surface area contributed by atoms with E-state index in [1.54, 1.807) is 30.3 Å². The zero-order valence-electron chi connectivity index (χ0n) is 14.4. The van der Waals surface area contributed by atoms with Crippen LogP contribution in [0.2, 0.25) is 0 Å². The Balaban J connectivity index is 1.50. The predicted octanol–water partition coefficient (Wildman–Crippen LogP) is 1.97. The molecule has 0 spiro atoms. The monoisotopic (exact) mass is 364 g/mol. The molecule has 8 heteroatoms. The van der Waals surface area contributed by atoms with Gasteiger partial charge >= 0.3 is 0 Å². The molecule has 0 atom stereocenters. The number of sulfonamides is 1. The summed E-state index contributed by atoms with van der Waals surface area (Å²) in [6.07, 6.45) is 3.35. The van der Waals surface area contributed by atoms with Crippen LogP contribution in [0.1, 0.15) is 37.9 Å². The van der Waals surface area contributed by atoms with Crippen molar-refractivity contribution in [3.8, 4) is 0 Å². The van der Waals surface area contributed by atoms with E-state index >= 15 is 0 Å². The Bertz CT molecular complexity index is 768. The highest BCUT2D eigenvalue weighted by Crippen LogP contribution is 2.16. The molecule has 1 fully saturated rings. The fourth-order valence-corrected chi connectivity index (χ4v) is 4.29. The Morgan fingerprint density at radius 2 is 1.96 bits per heavy atom. The van der Waals surface area contributed by atoms with Crippen molar-refractivity contribution < 1.29 is 12.9 Å². The normalized spacial score (nSPS) is 17.0. The highest BCUT2D eigenvalue weighted by atomic mass is 32.2. The third-order valence-corrected chi connectivity index (χ3v) is 5.84. The van der Waals surface area contributed by atoms with Gasteiger partial charge in [0.25, 0.3) is 0 Å². The second kappa shape index (κ2) is 8.07. The number of nitrogens with one attached hydrogen (secondary N) is 1. The fourth-order valence-electron chi connectivity index (χ4n) is 2.97. The number of nitrogens with zero attached hydrogens (tertiary/aromatic N) is 3. The summed E-state index contributed by atoms with van der Waals surface area (Å²) in [5, 5.41) is 3.96. The number of rotatable bonds is 7. The van der Waals surface area contributed by atoms with Gasteiger partial charge in [0.1, 0.15) is 0 Å². The number of hydrogen-bond donors (Lipinski definition) is 1. The molecule has 1 aliphatic heterocycles. The molecule has 25 heavy (non-hydrogen) atoms. The van der Waals surface area contributed by atoms with Gasteiger partial charge in [0.2, 0.25) is 15.9 Å². The van der Waals surface area contributed by atoms with E-state index in [4.69, 9.17) is 4.52 Å². The Hall–Kier alpha value is -1.77. The molecule has 0 saturated carbocycles. The maximum Gasteiger partial charge on any atom is 0.240 e. The van der Waals surface area contributed by atoms with Gasteiger partial charge in [-0.05, 0) is 31.4 Å². The predicted molar refractivity (Wildman–Crippen MR) is 93.4 cm³/mol. The lowest BCUT2D eigenvalue weighted by molar-refractivity contribution is 0.177. The zero-order valence-corrected chi connectivity index (χ0v) is 15.2. The maximum atomic E-state index is 12.4. The van der Waals surface area contributed by atoms with Gasteiger partial charge in [-0.15, -0.1) is 0 Å². The Morgan fingerprint density at radius 1 is 1.24 bits per heavy atom. The van der Waals surface area contributed by atoms with Crippen LogP contribution in [0.15, 0.2) is 39.8 Å². The zero-order chi connectivity index (χ0) is 17.7. The molecule has 2 heterocycles. The lowest BCUT2D eigenvalue weighted by Crippen LogP contribution is -2.44. The smallest absolute Gasteiger partial charge is 0.240 e. The number of likely N-dealkylation sites (tertiary alicyclic amines) is 1. The van der Waals surface area contributed by atoms with Crippen molar-refractivity contribution in [1.29, 1.82) is 0 Å². The molecule has 3 rings (SSSR count). The lowest BCUT2D eigenvalue weighted by atomic mass is 10.1. The van der Waals surface area contributed by atoms with Gasteiger partial charge in [-0.25, -0.2) is 13.1 Å². The molecular weight excluding hydrogens is 340 g/mol. The quantitative estimate of drug-likeness (QED) is 0.808. The molecule has 0 amide bonds. The largest absolute Gasteiger partial charge is 0.338 e. The molecule has 1 N–H and O–H groups in total. The summed E-state index contributed by atoms with van der Waals surface area (Å²) in [5.41, 5.74) is 0. The van der Waals surface area contributed by atoms with Gasteiger partial charge < -0.3 is 4.52 Å². The molecule has 2 aromatic rings. The molecule has 1 aliphatic rings. The third-order valence-electron chi connectivity index (χ3n) is 4.31. The first-order chi connectivity index (χ1) is 12.1. The number of hydrogen-bond acceptors (Lipinski definition) is 6. The van der Waals surface area contributed by atoms with Gasteiger partial charge in [0, 0.05) is 25.6 Å². The maximum absolute atomic E-state index is 12.4. The minimum absolute atomic E-state index is 0.0419. The summed E-state index contributed by atoms with van der Waals surface area (Å²) in [4.78, 5) is 6.91. The van der Waals surface area contributed by atoms with Gasteiger partial charge in [-0.1, -0.05) is 30.3 Å². The van der Waals surface area contributed by atoms with Crippen LogP contribution in [0.4, 0.5) is 0 Å². The van der Waals surface area contributed by atoms with E-state index in [0.29, 0.717) is 17.3 Å². The summed E-state index contributed by atoms with van der Waals surface area (Å²) in [6.45, 7) is 4.30. The molecule has 0 aliphatic carbocycles. The van der Waals surface area contributed by atoms with Crippen molar-refractivity contribution in [2.45, 2.75) is 50.1 Å². The molecule has 1 aromatic heterocycles. The van der Waals surface area contributed by atoms with Crippen LogP contribution in [0.25, 0.3) is 0 Å². The Morgan fingerprint density at radius 3 is 2.64 bits per heavy atom. The van der Waals surface area contributed by atoms with E-state index in [0.717, 1.165) is 44.6 Å². The second-order valence-electron chi connectivity index (χ2n) is 6.34. The van der Waals surface area contributed by atoms with Crippen LogP contribution < -0.4 is 4.72 Å². The van der Waals surface area contributed by atoms with Crippen LogP contribution >= 0.6 is 0 Å². The molecule has 1 saturated heterocycles. The number of benzene rings is 1. The van der Waals surface area contributed by atoms with Crippen molar-refractivity contribution in [3.63, 3.8) is 0 Å². The Labute approximate surface area is 148 Å². The first-order valence-corrected chi connectivity index (χ1v) is 10.2.